The zero-order chi connectivity index (χ0) is 28.2. The topological polar surface area (TPSA) is 130 Å². The van der Waals surface area contributed by atoms with Crippen LogP contribution in [0.2, 0.25) is 10.2 Å². The fourth-order valence-corrected chi connectivity index (χ4v) is 3.90. The Hall–Kier alpha value is -4.22. The Morgan fingerprint density at radius 2 is 1.69 bits per heavy atom. The summed E-state index contributed by atoms with van der Waals surface area (Å²) in [4.78, 5) is 50.7. The molecule has 4 rings (SSSR count). The summed E-state index contributed by atoms with van der Waals surface area (Å²) in [6.45, 7) is 3.03. The van der Waals surface area contributed by atoms with E-state index in [-0.39, 0.29) is 30.1 Å². The van der Waals surface area contributed by atoms with Crippen molar-refractivity contribution in [1.82, 2.24) is 24.1 Å². The summed E-state index contributed by atoms with van der Waals surface area (Å²) in [5.74, 6) is 0.199. The van der Waals surface area contributed by atoms with Gasteiger partial charge in [0.05, 0.1) is 19.1 Å². The van der Waals surface area contributed by atoms with Crippen molar-refractivity contribution in [3.05, 3.63) is 97.6 Å². The van der Waals surface area contributed by atoms with E-state index in [1.807, 2.05) is 0 Å². The van der Waals surface area contributed by atoms with E-state index in [1.54, 1.807) is 62.4 Å². The van der Waals surface area contributed by atoms with Crippen LogP contribution in [-0.2, 0) is 22.6 Å². The third-order valence-electron chi connectivity index (χ3n) is 5.64. The van der Waals surface area contributed by atoms with Gasteiger partial charge in [0.25, 0.3) is 0 Å². The number of halogens is 2. The molecule has 39 heavy (non-hydrogen) atoms. The molecule has 0 aliphatic heterocycles. The van der Waals surface area contributed by atoms with Crippen LogP contribution >= 0.6 is 23.2 Å². The van der Waals surface area contributed by atoms with Crippen LogP contribution in [0.3, 0.4) is 0 Å². The van der Waals surface area contributed by atoms with E-state index in [0.29, 0.717) is 16.5 Å². The lowest BCUT2D eigenvalue weighted by molar-refractivity contribution is -0.151. The molecular weight excluding hydrogens is 547 g/mol. The summed E-state index contributed by atoms with van der Waals surface area (Å²) in [6, 6.07) is 15.1. The molecule has 4 aromatic rings. The normalized spacial score (nSPS) is 11.2. The molecule has 0 saturated heterocycles. The first kappa shape index (κ1) is 27.8. The van der Waals surface area contributed by atoms with Crippen LogP contribution in [0.4, 0.5) is 11.6 Å². The Morgan fingerprint density at radius 1 is 1.00 bits per heavy atom. The van der Waals surface area contributed by atoms with Crippen LogP contribution < -0.4 is 21.4 Å². The number of anilines is 2. The van der Waals surface area contributed by atoms with Crippen molar-refractivity contribution in [2.24, 2.45) is 5.41 Å². The Morgan fingerprint density at radius 3 is 2.33 bits per heavy atom. The number of ether oxygens (including phenoxy) is 2. The summed E-state index contributed by atoms with van der Waals surface area (Å²) in [5, 5.41) is 3.81. The predicted octanol–water partition coefficient (Wildman–Crippen LogP) is 4.29. The Labute approximate surface area is 233 Å². The predicted molar refractivity (Wildman–Crippen MR) is 146 cm³/mol. The zero-order valence-corrected chi connectivity index (χ0v) is 22.7. The first-order chi connectivity index (χ1) is 18.6. The highest BCUT2D eigenvalue weighted by molar-refractivity contribution is 6.30. The lowest BCUT2D eigenvalue weighted by Gasteiger charge is -2.23. The third kappa shape index (κ3) is 6.81. The van der Waals surface area contributed by atoms with Crippen molar-refractivity contribution in [3.63, 3.8) is 0 Å². The molecule has 0 amide bonds. The second-order valence-corrected chi connectivity index (χ2v) is 9.93. The lowest BCUT2D eigenvalue weighted by Crippen LogP contribution is -2.46. The van der Waals surface area contributed by atoms with E-state index < -0.39 is 22.8 Å². The Bertz CT molecular complexity index is 1600. The highest BCUT2D eigenvalue weighted by atomic mass is 35.5. The Balaban J connectivity index is 1.68. The molecule has 0 radical (unpaired) electrons. The van der Waals surface area contributed by atoms with Gasteiger partial charge in [0, 0.05) is 23.3 Å². The molecule has 0 unspecified atom stereocenters. The third-order valence-corrected chi connectivity index (χ3v) is 6.10. The summed E-state index contributed by atoms with van der Waals surface area (Å²) < 4.78 is 12.7. The molecule has 1 N–H and O–H groups in total. The van der Waals surface area contributed by atoms with Gasteiger partial charge in [-0.05, 0) is 55.8 Å². The molecule has 2 aromatic carbocycles. The monoisotopic (exact) mass is 570 g/mol. The summed E-state index contributed by atoms with van der Waals surface area (Å²) in [5.41, 5.74) is -1.32. The summed E-state index contributed by atoms with van der Waals surface area (Å²) in [6.07, 6.45) is 1.29. The second-order valence-electron chi connectivity index (χ2n) is 9.11. The average Bonchev–Trinajstić information content (AvgIpc) is 2.90. The van der Waals surface area contributed by atoms with Gasteiger partial charge in [-0.15, -0.1) is 0 Å². The fraction of sp³-hybridized carbons (Fsp3) is 0.231. The van der Waals surface area contributed by atoms with Gasteiger partial charge in [0.1, 0.15) is 17.2 Å². The molecule has 0 aliphatic carbocycles. The van der Waals surface area contributed by atoms with Crippen LogP contribution in [0.5, 0.6) is 11.6 Å². The molecule has 11 nitrogen and oxygen atoms in total. The number of nitrogens with zero attached hydrogens (tertiary/aromatic N) is 5. The van der Waals surface area contributed by atoms with Gasteiger partial charge in [-0.2, -0.15) is 4.98 Å². The number of benzene rings is 2. The zero-order valence-electron chi connectivity index (χ0n) is 21.2. The van der Waals surface area contributed by atoms with Crippen LogP contribution in [0.25, 0.3) is 0 Å². The Kier molecular flexibility index (Phi) is 8.32. The van der Waals surface area contributed by atoms with E-state index >= 15 is 0 Å². The van der Waals surface area contributed by atoms with Gasteiger partial charge in [-0.3, -0.25) is 9.36 Å². The molecule has 13 heteroatoms. The van der Waals surface area contributed by atoms with E-state index in [0.717, 1.165) is 10.1 Å². The van der Waals surface area contributed by atoms with Gasteiger partial charge in [-0.25, -0.2) is 24.1 Å². The second kappa shape index (κ2) is 11.7. The number of hydrogen-bond donors (Lipinski definition) is 1. The van der Waals surface area contributed by atoms with E-state index in [2.05, 4.69) is 20.3 Å². The molecular formula is C26H24Cl2N6O5. The minimum absolute atomic E-state index is 0.0170. The van der Waals surface area contributed by atoms with Crippen LogP contribution in [0, 0.1) is 5.41 Å². The first-order valence-corrected chi connectivity index (χ1v) is 12.4. The minimum Gasteiger partial charge on any atom is -0.469 e. The number of carbonyl (C=O) groups excluding carboxylic acids is 1. The van der Waals surface area contributed by atoms with E-state index in [1.165, 1.54) is 24.1 Å². The highest BCUT2D eigenvalue weighted by Crippen LogP contribution is 2.24. The molecule has 0 spiro atoms. The number of rotatable bonds is 9. The molecule has 0 fully saturated rings. The number of methoxy groups -OCH3 is 1. The lowest BCUT2D eigenvalue weighted by atomic mass is 9.94. The maximum absolute atomic E-state index is 13.6. The maximum Gasteiger partial charge on any atom is 0.354 e. The summed E-state index contributed by atoms with van der Waals surface area (Å²) in [7, 11) is 1.25. The van der Waals surface area contributed by atoms with Crippen molar-refractivity contribution in [3.8, 4) is 11.6 Å². The fourth-order valence-electron chi connectivity index (χ4n) is 3.64. The van der Waals surface area contributed by atoms with Crippen molar-refractivity contribution in [1.29, 1.82) is 0 Å². The number of hydrogen-bond acceptors (Lipinski definition) is 9. The van der Waals surface area contributed by atoms with E-state index in [9.17, 15) is 14.4 Å². The highest BCUT2D eigenvalue weighted by Gasteiger charge is 2.31. The van der Waals surface area contributed by atoms with Gasteiger partial charge < -0.3 is 14.8 Å². The van der Waals surface area contributed by atoms with Crippen LogP contribution in [0.1, 0.15) is 19.4 Å². The SMILES string of the molecule is COC(=O)C(C)(C)Cn1c(=O)nc(Nc2ccc(Oc3cc(Cl)ncn3)cc2)n(Cc2ccc(Cl)cc2)c1=O. The van der Waals surface area contributed by atoms with Crippen molar-refractivity contribution >= 4 is 40.8 Å². The largest absolute Gasteiger partial charge is 0.469 e. The molecule has 202 valence electrons. The first-order valence-electron chi connectivity index (χ1n) is 11.6. The standard InChI is InChI=1S/C26H24Cl2N6O5/c1-26(2,22(35)38-3)14-34-24(36)32-23(33(25(34)37)13-16-4-6-17(27)7-5-16)31-18-8-10-19(11-9-18)39-21-12-20(28)29-15-30-21/h4-12,15H,13-14H2,1-3H3,(H,31,32,36). The average molecular weight is 571 g/mol. The molecule has 0 atom stereocenters. The number of esters is 1. The smallest absolute Gasteiger partial charge is 0.354 e. The van der Waals surface area contributed by atoms with Gasteiger partial charge >= 0.3 is 17.3 Å². The molecule has 2 aromatic heterocycles. The van der Waals surface area contributed by atoms with Gasteiger partial charge in [-0.1, -0.05) is 35.3 Å². The molecule has 0 aliphatic rings. The number of nitrogens with one attached hydrogen (secondary N) is 1. The van der Waals surface area contributed by atoms with Gasteiger partial charge in [0.2, 0.25) is 11.8 Å². The quantitative estimate of drug-likeness (QED) is 0.231. The molecule has 2 heterocycles. The number of carbonyl (C=O) groups is 1. The van der Waals surface area contributed by atoms with Gasteiger partial charge in [0.15, 0.2) is 0 Å². The van der Waals surface area contributed by atoms with Crippen LogP contribution in [0.15, 0.2) is 70.5 Å². The number of aromatic nitrogens is 5. The van der Waals surface area contributed by atoms with E-state index in [4.69, 9.17) is 32.7 Å². The van der Waals surface area contributed by atoms with Crippen LogP contribution in [-0.4, -0.2) is 37.2 Å². The minimum atomic E-state index is -1.14. The molecule has 0 saturated carbocycles. The maximum atomic E-state index is 13.6. The summed E-state index contributed by atoms with van der Waals surface area (Å²) >= 11 is 11.9. The van der Waals surface area contributed by atoms with Crippen molar-refractivity contribution in [2.75, 3.05) is 12.4 Å². The molecule has 0 bridgehead atoms. The van der Waals surface area contributed by atoms with Crippen molar-refractivity contribution in [2.45, 2.75) is 26.9 Å². The van der Waals surface area contributed by atoms with Crippen molar-refractivity contribution < 1.29 is 14.3 Å².